The average Bonchev–Trinajstić information content (AvgIpc) is 2.86. The van der Waals surface area contributed by atoms with Crippen molar-refractivity contribution in [3.05, 3.63) is 16.3 Å². The summed E-state index contributed by atoms with van der Waals surface area (Å²) in [6.45, 7) is 0.213. The molecule has 1 saturated heterocycles. The molecular formula is C9H10N2O5S2. The van der Waals surface area contributed by atoms with Crippen LogP contribution in [0.25, 0.3) is 0 Å². The van der Waals surface area contributed by atoms with E-state index >= 15 is 0 Å². The van der Waals surface area contributed by atoms with E-state index in [2.05, 4.69) is 10.0 Å². The molecule has 0 aromatic carbocycles. The van der Waals surface area contributed by atoms with Crippen molar-refractivity contribution in [2.24, 2.45) is 0 Å². The summed E-state index contributed by atoms with van der Waals surface area (Å²) in [7, 11) is -3.91. The molecule has 3 N–H and O–H groups in total. The van der Waals surface area contributed by atoms with Gasteiger partial charge in [-0.25, -0.2) is 17.9 Å². The Morgan fingerprint density at radius 1 is 1.56 bits per heavy atom. The molecule has 0 bridgehead atoms. The smallest absolute Gasteiger partial charge is 0.347 e. The van der Waals surface area contributed by atoms with Crippen LogP contribution in [0.3, 0.4) is 0 Å². The summed E-state index contributed by atoms with van der Waals surface area (Å²) in [5.74, 6) is -1.52. The van der Waals surface area contributed by atoms with E-state index < -0.39 is 22.0 Å². The maximum atomic E-state index is 12.0. The third kappa shape index (κ3) is 2.52. The predicted molar refractivity (Wildman–Crippen MR) is 63.0 cm³/mol. The molecule has 0 saturated carbocycles. The number of carboxylic acid groups (broad SMARTS) is 1. The predicted octanol–water partition coefficient (Wildman–Crippen LogP) is -0.387. The van der Waals surface area contributed by atoms with E-state index in [1.807, 2.05) is 0 Å². The Morgan fingerprint density at radius 3 is 2.83 bits per heavy atom. The first-order chi connectivity index (χ1) is 8.40. The molecule has 1 amide bonds. The Hall–Kier alpha value is -1.45. The standard InChI is InChI=1S/C9H10N2O5S2/c12-7-3-5(4-10-7)11-18(15,16)6-1-2-17-8(6)9(13)14/h1-2,5,11H,3-4H2,(H,10,12)(H,13,14). The highest BCUT2D eigenvalue weighted by Crippen LogP contribution is 2.22. The Bertz CT molecular complexity index is 592. The monoisotopic (exact) mass is 290 g/mol. The van der Waals surface area contributed by atoms with Crippen molar-refractivity contribution in [3.8, 4) is 0 Å². The van der Waals surface area contributed by atoms with E-state index in [4.69, 9.17) is 5.11 Å². The van der Waals surface area contributed by atoms with Crippen molar-refractivity contribution in [1.29, 1.82) is 0 Å². The third-order valence-electron chi connectivity index (χ3n) is 2.41. The van der Waals surface area contributed by atoms with Crippen LogP contribution in [0.15, 0.2) is 16.3 Å². The minimum absolute atomic E-state index is 0.0613. The number of sulfonamides is 1. The summed E-state index contributed by atoms with van der Waals surface area (Å²) < 4.78 is 26.3. The van der Waals surface area contributed by atoms with Crippen molar-refractivity contribution < 1.29 is 23.1 Å². The van der Waals surface area contributed by atoms with E-state index in [0.29, 0.717) is 0 Å². The normalized spacial score (nSPS) is 19.8. The first-order valence-electron chi connectivity index (χ1n) is 5.00. The highest BCUT2D eigenvalue weighted by molar-refractivity contribution is 7.89. The van der Waals surface area contributed by atoms with Crippen LogP contribution in [0.5, 0.6) is 0 Å². The first kappa shape index (κ1) is 13.0. The van der Waals surface area contributed by atoms with Crippen LogP contribution < -0.4 is 10.0 Å². The van der Waals surface area contributed by atoms with Crippen molar-refractivity contribution in [2.75, 3.05) is 6.54 Å². The van der Waals surface area contributed by atoms with Gasteiger partial charge in [0.25, 0.3) is 0 Å². The first-order valence-corrected chi connectivity index (χ1v) is 7.36. The molecule has 1 fully saturated rings. The molecular weight excluding hydrogens is 280 g/mol. The molecule has 1 aliphatic rings. The highest BCUT2D eigenvalue weighted by Gasteiger charge is 2.30. The van der Waals surface area contributed by atoms with Gasteiger partial charge in [0.2, 0.25) is 15.9 Å². The van der Waals surface area contributed by atoms with Gasteiger partial charge in [0.15, 0.2) is 0 Å². The molecule has 0 spiro atoms. The lowest BCUT2D eigenvalue weighted by molar-refractivity contribution is -0.119. The summed E-state index contributed by atoms with van der Waals surface area (Å²) in [5, 5.41) is 12.8. The number of hydrogen-bond donors (Lipinski definition) is 3. The summed E-state index contributed by atoms with van der Waals surface area (Å²) in [5.41, 5.74) is 0. The van der Waals surface area contributed by atoms with Gasteiger partial charge in [-0.1, -0.05) is 0 Å². The van der Waals surface area contributed by atoms with Gasteiger partial charge in [0.05, 0.1) is 0 Å². The Balaban J connectivity index is 2.23. The topological polar surface area (TPSA) is 113 Å². The van der Waals surface area contributed by atoms with Crippen LogP contribution in [0.2, 0.25) is 0 Å². The van der Waals surface area contributed by atoms with Gasteiger partial charge < -0.3 is 10.4 Å². The molecule has 18 heavy (non-hydrogen) atoms. The van der Waals surface area contributed by atoms with Gasteiger partial charge >= 0.3 is 5.97 Å². The van der Waals surface area contributed by atoms with Crippen LogP contribution in [-0.2, 0) is 14.8 Å². The molecule has 1 aromatic heterocycles. The summed E-state index contributed by atoms with van der Waals surface area (Å²) in [4.78, 5) is 21.3. The Kier molecular flexibility index (Phi) is 3.37. The lowest BCUT2D eigenvalue weighted by atomic mass is 10.3. The van der Waals surface area contributed by atoms with Crippen LogP contribution in [0.4, 0.5) is 0 Å². The van der Waals surface area contributed by atoms with Crippen LogP contribution >= 0.6 is 11.3 Å². The van der Waals surface area contributed by atoms with Crippen molar-refractivity contribution >= 4 is 33.2 Å². The highest BCUT2D eigenvalue weighted by atomic mass is 32.2. The lowest BCUT2D eigenvalue weighted by Gasteiger charge is -2.10. The zero-order valence-electron chi connectivity index (χ0n) is 9.04. The number of thiophene rings is 1. The number of carbonyl (C=O) groups excluding carboxylic acids is 1. The van der Waals surface area contributed by atoms with Gasteiger partial charge in [-0.15, -0.1) is 11.3 Å². The van der Waals surface area contributed by atoms with E-state index in [-0.39, 0.29) is 28.6 Å². The zero-order valence-corrected chi connectivity index (χ0v) is 10.7. The van der Waals surface area contributed by atoms with Gasteiger partial charge in [0, 0.05) is 19.0 Å². The molecule has 1 unspecified atom stereocenters. The molecule has 0 radical (unpaired) electrons. The number of carbonyl (C=O) groups is 2. The van der Waals surface area contributed by atoms with Crippen LogP contribution in [-0.4, -0.2) is 38.0 Å². The van der Waals surface area contributed by atoms with Gasteiger partial charge in [-0.2, -0.15) is 0 Å². The molecule has 98 valence electrons. The molecule has 0 aliphatic carbocycles. The largest absolute Gasteiger partial charge is 0.477 e. The summed E-state index contributed by atoms with van der Waals surface area (Å²) in [6, 6.07) is 0.699. The van der Waals surface area contributed by atoms with Crippen molar-refractivity contribution in [2.45, 2.75) is 17.4 Å². The maximum absolute atomic E-state index is 12.0. The molecule has 9 heteroatoms. The molecule has 1 aromatic rings. The van der Waals surface area contributed by atoms with Crippen LogP contribution in [0, 0.1) is 0 Å². The van der Waals surface area contributed by atoms with E-state index in [0.717, 1.165) is 11.3 Å². The second kappa shape index (κ2) is 4.67. The fraction of sp³-hybridized carbons (Fsp3) is 0.333. The fourth-order valence-electron chi connectivity index (χ4n) is 1.64. The Labute approximate surface area is 107 Å². The SMILES string of the molecule is O=C1CC(NS(=O)(=O)c2ccsc2C(=O)O)CN1. The number of aromatic carboxylic acids is 1. The average molecular weight is 290 g/mol. The second-order valence-corrected chi connectivity index (χ2v) is 6.34. The lowest BCUT2D eigenvalue weighted by Crippen LogP contribution is -2.36. The zero-order chi connectivity index (χ0) is 13.3. The number of nitrogens with one attached hydrogen (secondary N) is 2. The maximum Gasteiger partial charge on any atom is 0.347 e. The molecule has 1 aliphatic heterocycles. The molecule has 7 nitrogen and oxygen atoms in total. The quantitative estimate of drug-likeness (QED) is 0.699. The molecule has 2 rings (SSSR count). The van der Waals surface area contributed by atoms with Crippen LogP contribution in [0.1, 0.15) is 16.1 Å². The van der Waals surface area contributed by atoms with E-state index in [1.54, 1.807) is 0 Å². The summed E-state index contributed by atoms with van der Waals surface area (Å²) in [6.07, 6.45) is 0.0613. The van der Waals surface area contributed by atoms with Crippen molar-refractivity contribution in [1.82, 2.24) is 10.0 Å². The van der Waals surface area contributed by atoms with Gasteiger partial charge in [0.1, 0.15) is 9.77 Å². The van der Waals surface area contributed by atoms with E-state index in [9.17, 15) is 18.0 Å². The number of carboxylic acids is 1. The second-order valence-electron chi connectivity index (χ2n) is 3.75. The number of hydrogen-bond acceptors (Lipinski definition) is 5. The third-order valence-corrected chi connectivity index (χ3v) is 5.01. The Morgan fingerprint density at radius 2 is 2.28 bits per heavy atom. The summed E-state index contributed by atoms with van der Waals surface area (Å²) >= 11 is 0.842. The van der Waals surface area contributed by atoms with Gasteiger partial charge in [-0.3, -0.25) is 4.79 Å². The van der Waals surface area contributed by atoms with Gasteiger partial charge in [-0.05, 0) is 11.4 Å². The number of amides is 1. The molecule has 1 atom stereocenters. The number of rotatable bonds is 4. The molecule has 2 heterocycles. The van der Waals surface area contributed by atoms with Crippen molar-refractivity contribution in [3.63, 3.8) is 0 Å². The van der Waals surface area contributed by atoms with E-state index in [1.165, 1.54) is 11.4 Å². The minimum atomic E-state index is -3.91. The minimum Gasteiger partial charge on any atom is -0.477 e. The fourth-order valence-corrected chi connectivity index (χ4v) is 4.13.